The predicted octanol–water partition coefficient (Wildman–Crippen LogP) is 2.93. The van der Waals surface area contributed by atoms with Gasteiger partial charge in [0.25, 0.3) is 0 Å². The average Bonchev–Trinajstić information content (AvgIpc) is 2.38. The van der Waals surface area contributed by atoms with Crippen molar-refractivity contribution in [2.24, 2.45) is 0 Å². The largest absolute Gasteiger partial charge is 0.481 e. The Balaban J connectivity index is 2.38. The molecular formula is C15H20Cl2N2O2. The van der Waals surface area contributed by atoms with Crippen LogP contribution in [0.15, 0.2) is 18.2 Å². The fraction of sp³-hybridized carbons (Fsp3) is 0.533. The van der Waals surface area contributed by atoms with Gasteiger partial charge in [0, 0.05) is 36.2 Å². The van der Waals surface area contributed by atoms with Crippen molar-refractivity contribution in [2.75, 3.05) is 33.2 Å². The van der Waals surface area contributed by atoms with Crippen LogP contribution >= 0.6 is 23.2 Å². The van der Waals surface area contributed by atoms with E-state index in [4.69, 9.17) is 23.2 Å². The van der Waals surface area contributed by atoms with Crippen molar-refractivity contribution in [1.82, 2.24) is 9.80 Å². The van der Waals surface area contributed by atoms with Crippen LogP contribution in [-0.4, -0.2) is 54.1 Å². The molecule has 1 aromatic carbocycles. The molecule has 0 bridgehead atoms. The van der Waals surface area contributed by atoms with E-state index in [1.807, 2.05) is 13.0 Å². The van der Waals surface area contributed by atoms with Gasteiger partial charge in [0.1, 0.15) is 0 Å². The zero-order valence-electron chi connectivity index (χ0n) is 12.3. The molecule has 0 spiro atoms. The first-order chi connectivity index (χ1) is 9.83. The number of halogens is 2. The van der Waals surface area contributed by atoms with Gasteiger partial charge in [0.05, 0.1) is 12.0 Å². The lowest BCUT2D eigenvalue weighted by atomic mass is 9.86. The first-order valence-electron chi connectivity index (χ1n) is 6.94. The molecule has 0 aromatic heterocycles. The number of likely N-dealkylation sites (N-methyl/N-ethyl adjacent to an activating group) is 1. The molecule has 0 radical (unpaired) electrons. The SMILES string of the molecule is CN1CCN(C(C)(CC(=O)O)c2ccc(Cl)cc2Cl)CC1. The van der Waals surface area contributed by atoms with Crippen molar-refractivity contribution < 1.29 is 9.90 Å². The fourth-order valence-electron chi connectivity index (χ4n) is 2.90. The monoisotopic (exact) mass is 330 g/mol. The molecule has 6 heteroatoms. The zero-order chi connectivity index (χ0) is 15.6. The van der Waals surface area contributed by atoms with Crippen molar-refractivity contribution in [2.45, 2.75) is 18.9 Å². The molecule has 1 heterocycles. The molecule has 0 saturated carbocycles. The van der Waals surface area contributed by atoms with Gasteiger partial charge in [-0.1, -0.05) is 29.3 Å². The molecule has 4 nitrogen and oxygen atoms in total. The van der Waals surface area contributed by atoms with Gasteiger partial charge in [-0.15, -0.1) is 0 Å². The number of nitrogens with zero attached hydrogens (tertiary/aromatic N) is 2. The van der Waals surface area contributed by atoms with Gasteiger partial charge >= 0.3 is 5.97 Å². The van der Waals surface area contributed by atoms with Crippen molar-refractivity contribution in [3.63, 3.8) is 0 Å². The third-order valence-electron chi connectivity index (χ3n) is 4.21. The van der Waals surface area contributed by atoms with Gasteiger partial charge in [0.15, 0.2) is 0 Å². The topological polar surface area (TPSA) is 43.8 Å². The summed E-state index contributed by atoms with van der Waals surface area (Å²) in [5.41, 5.74) is 0.190. The lowest BCUT2D eigenvalue weighted by molar-refractivity contribution is -0.140. The first-order valence-corrected chi connectivity index (χ1v) is 7.69. The molecule has 1 atom stereocenters. The van der Waals surface area contributed by atoms with Crippen LogP contribution < -0.4 is 0 Å². The van der Waals surface area contributed by atoms with E-state index in [0.717, 1.165) is 31.7 Å². The normalized spacial score (nSPS) is 20.2. The van der Waals surface area contributed by atoms with E-state index in [-0.39, 0.29) is 6.42 Å². The molecule has 1 aromatic rings. The average molecular weight is 331 g/mol. The summed E-state index contributed by atoms with van der Waals surface area (Å²) in [4.78, 5) is 15.8. The van der Waals surface area contributed by atoms with E-state index in [1.54, 1.807) is 12.1 Å². The highest BCUT2D eigenvalue weighted by molar-refractivity contribution is 6.35. The van der Waals surface area contributed by atoms with Crippen LogP contribution in [0.2, 0.25) is 10.0 Å². The fourth-order valence-corrected chi connectivity index (χ4v) is 3.51. The zero-order valence-corrected chi connectivity index (χ0v) is 13.8. The Kier molecular flexibility index (Phi) is 5.15. The molecule has 1 aliphatic heterocycles. The minimum absolute atomic E-state index is 0.0120. The number of carbonyl (C=O) groups is 1. The Bertz CT molecular complexity index is 530. The Morgan fingerprint density at radius 2 is 1.90 bits per heavy atom. The maximum atomic E-state index is 11.4. The number of rotatable bonds is 4. The molecule has 0 aliphatic carbocycles. The Labute approximate surface area is 135 Å². The molecule has 1 saturated heterocycles. The summed E-state index contributed by atoms with van der Waals surface area (Å²) < 4.78 is 0. The molecule has 2 rings (SSSR count). The number of hydrogen-bond donors (Lipinski definition) is 1. The molecule has 21 heavy (non-hydrogen) atoms. The molecule has 0 amide bonds. The van der Waals surface area contributed by atoms with Gasteiger partial charge in [-0.2, -0.15) is 0 Å². The van der Waals surface area contributed by atoms with Crippen molar-refractivity contribution >= 4 is 29.2 Å². The van der Waals surface area contributed by atoms with Crippen LogP contribution in [-0.2, 0) is 10.3 Å². The van der Waals surface area contributed by atoms with Crippen LogP contribution in [0.4, 0.5) is 0 Å². The van der Waals surface area contributed by atoms with Crippen LogP contribution in [0.5, 0.6) is 0 Å². The summed E-state index contributed by atoms with van der Waals surface area (Å²) in [6.07, 6.45) is 0.0120. The molecular weight excluding hydrogens is 311 g/mol. The standard InChI is InChI=1S/C15H20Cl2N2O2/c1-15(10-14(20)21,19-7-5-18(2)6-8-19)12-4-3-11(16)9-13(12)17/h3-4,9H,5-8,10H2,1-2H3,(H,20,21). The maximum absolute atomic E-state index is 11.4. The number of piperazine rings is 1. The molecule has 1 fully saturated rings. The van der Waals surface area contributed by atoms with E-state index < -0.39 is 11.5 Å². The molecule has 116 valence electrons. The smallest absolute Gasteiger partial charge is 0.305 e. The lowest BCUT2D eigenvalue weighted by Crippen LogP contribution is -2.54. The van der Waals surface area contributed by atoms with E-state index >= 15 is 0 Å². The van der Waals surface area contributed by atoms with Crippen LogP contribution in [0.25, 0.3) is 0 Å². The Hall–Kier alpha value is -0.810. The predicted molar refractivity (Wildman–Crippen MR) is 85.1 cm³/mol. The number of aliphatic carboxylic acids is 1. The highest BCUT2D eigenvalue weighted by Gasteiger charge is 2.38. The summed E-state index contributed by atoms with van der Waals surface area (Å²) in [7, 11) is 2.07. The second kappa shape index (κ2) is 6.53. The number of carboxylic acid groups (broad SMARTS) is 1. The summed E-state index contributed by atoms with van der Waals surface area (Å²) in [6.45, 7) is 5.42. The van der Waals surface area contributed by atoms with Gasteiger partial charge < -0.3 is 10.0 Å². The molecule has 1 N–H and O–H groups in total. The molecule has 1 aliphatic rings. The van der Waals surface area contributed by atoms with Crippen molar-refractivity contribution in [1.29, 1.82) is 0 Å². The number of hydrogen-bond acceptors (Lipinski definition) is 3. The quantitative estimate of drug-likeness (QED) is 0.921. The van der Waals surface area contributed by atoms with Gasteiger partial charge in [-0.25, -0.2) is 0 Å². The Morgan fingerprint density at radius 3 is 2.43 bits per heavy atom. The summed E-state index contributed by atoms with van der Waals surface area (Å²) in [6, 6.07) is 5.28. The van der Waals surface area contributed by atoms with Gasteiger partial charge in [-0.05, 0) is 31.7 Å². The minimum atomic E-state index is -0.831. The number of carboxylic acids is 1. The number of benzene rings is 1. The van der Waals surface area contributed by atoms with E-state index in [0.29, 0.717) is 10.0 Å². The Morgan fingerprint density at radius 1 is 1.29 bits per heavy atom. The molecule has 1 unspecified atom stereocenters. The minimum Gasteiger partial charge on any atom is -0.481 e. The lowest BCUT2D eigenvalue weighted by Gasteiger charge is -2.45. The highest BCUT2D eigenvalue weighted by atomic mass is 35.5. The van der Waals surface area contributed by atoms with Crippen LogP contribution in [0.3, 0.4) is 0 Å². The van der Waals surface area contributed by atoms with Crippen molar-refractivity contribution in [3.05, 3.63) is 33.8 Å². The third-order valence-corrected chi connectivity index (χ3v) is 4.76. The van der Waals surface area contributed by atoms with Crippen LogP contribution in [0.1, 0.15) is 18.9 Å². The summed E-state index contributed by atoms with van der Waals surface area (Å²) in [5.74, 6) is -0.831. The van der Waals surface area contributed by atoms with E-state index in [2.05, 4.69) is 16.8 Å². The van der Waals surface area contributed by atoms with Crippen LogP contribution in [0, 0.1) is 0 Å². The van der Waals surface area contributed by atoms with Gasteiger partial charge in [0.2, 0.25) is 0 Å². The van der Waals surface area contributed by atoms with Crippen molar-refractivity contribution in [3.8, 4) is 0 Å². The maximum Gasteiger partial charge on any atom is 0.305 e. The van der Waals surface area contributed by atoms with E-state index in [1.165, 1.54) is 0 Å². The van der Waals surface area contributed by atoms with Gasteiger partial charge in [-0.3, -0.25) is 9.69 Å². The summed E-state index contributed by atoms with van der Waals surface area (Å²) in [5, 5.41) is 10.4. The second-order valence-corrected chi connectivity index (χ2v) is 6.60. The highest BCUT2D eigenvalue weighted by Crippen LogP contribution is 2.38. The summed E-state index contributed by atoms with van der Waals surface area (Å²) >= 11 is 12.3. The van der Waals surface area contributed by atoms with E-state index in [9.17, 15) is 9.90 Å². The first kappa shape index (κ1) is 16.6. The third kappa shape index (κ3) is 3.69. The second-order valence-electron chi connectivity index (χ2n) is 5.76.